The summed E-state index contributed by atoms with van der Waals surface area (Å²) in [5.74, 6) is 0. The summed E-state index contributed by atoms with van der Waals surface area (Å²) < 4.78 is 0.794. The van der Waals surface area contributed by atoms with Crippen molar-refractivity contribution < 1.29 is 0 Å². The van der Waals surface area contributed by atoms with Crippen LogP contribution in [0.5, 0.6) is 0 Å². The quantitative estimate of drug-likeness (QED) is 0.659. The maximum atomic E-state index is 8.57. The summed E-state index contributed by atoms with van der Waals surface area (Å²) in [6, 6.07) is 7.48. The zero-order chi connectivity index (χ0) is 7.56. The molecule has 0 unspecified atom stereocenters. The number of hydrogen-bond donors (Lipinski definition) is 1. The van der Waals surface area contributed by atoms with Gasteiger partial charge in [-0.1, -0.05) is 6.07 Å². The van der Waals surface area contributed by atoms with Crippen molar-refractivity contribution in [3.8, 4) is 6.07 Å². The van der Waals surface area contributed by atoms with Crippen molar-refractivity contribution in [2.24, 2.45) is 0 Å². The van der Waals surface area contributed by atoms with Gasteiger partial charge in [-0.3, -0.25) is 0 Å². The molecule has 0 aromatic heterocycles. The van der Waals surface area contributed by atoms with Crippen molar-refractivity contribution in [3.05, 3.63) is 28.2 Å². The molecule has 0 radical (unpaired) electrons. The van der Waals surface area contributed by atoms with Gasteiger partial charge in [-0.05, 0) is 28.1 Å². The van der Waals surface area contributed by atoms with E-state index in [2.05, 4.69) is 28.6 Å². The van der Waals surface area contributed by atoms with Gasteiger partial charge in [-0.25, -0.2) is 0 Å². The van der Waals surface area contributed by atoms with E-state index in [4.69, 9.17) is 5.26 Å². The van der Waals surface area contributed by atoms with E-state index >= 15 is 0 Å². The average molecular weight is 214 g/mol. The molecule has 3 heteroatoms. The van der Waals surface area contributed by atoms with Crippen LogP contribution in [0, 0.1) is 11.3 Å². The zero-order valence-electron chi connectivity index (χ0n) is 5.00. The van der Waals surface area contributed by atoms with E-state index in [1.54, 1.807) is 6.07 Å². The molecular weight excluding hydrogens is 210 g/mol. The smallest absolute Gasteiger partial charge is 0.101 e. The molecule has 0 aliphatic rings. The van der Waals surface area contributed by atoms with E-state index in [1.807, 2.05) is 18.2 Å². The third-order valence-corrected chi connectivity index (χ3v) is 2.14. The molecule has 0 aliphatic carbocycles. The van der Waals surface area contributed by atoms with Crippen molar-refractivity contribution in [3.63, 3.8) is 0 Å². The van der Waals surface area contributed by atoms with Crippen LogP contribution in [0.1, 0.15) is 5.56 Å². The van der Waals surface area contributed by atoms with E-state index in [0.717, 1.165) is 4.47 Å². The Morgan fingerprint density at radius 2 is 2.20 bits per heavy atom. The van der Waals surface area contributed by atoms with Crippen molar-refractivity contribution in [1.82, 2.24) is 0 Å². The number of nitrogens with zero attached hydrogens (tertiary/aromatic N) is 1. The largest absolute Gasteiger partial charge is 0.192 e. The second-order valence-corrected chi connectivity index (χ2v) is 3.08. The second kappa shape index (κ2) is 3.09. The summed E-state index contributed by atoms with van der Waals surface area (Å²) in [6.07, 6.45) is 0. The van der Waals surface area contributed by atoms with Crippen molar-refractivity contribution in [2.45, 2.75) is 4.90 Å². The van der Waals surface area contributed by atoms with Crippen LogP contribution in [-0.2, 0) is 0 Å². The fourth-order valence-corrected chi connectivity index (χ4v) is 1.49. The molecule has 0 bridgehead atoms. The highest BCUT2D eigenvalue weighted by molar-refractivity contribution is 9.10. The molecule has 0 atom stereocenters. The van der Waals surface area contributed by atoms with Gasteiger partial charge < -0.3 is 0 Å². The fraction of sp³-hybridized carbons (Fsp3) is 0. The Hall–Kier alpha value is -0.460. The minimum absolute atomic E-state index is 0.589. The van der Waals surface area contributed by atoms with Gasteiger partial charge in [0.25, 0.3) is 0 Å². The Labute approximate surface area is 73.2 Å². The topological polar surface area (TPSA) is 23.8 Å². The van der Waals surface area contributed by atoms with E-state index in [0.29, 0.717) is 10.5 Å². The SMILES string of the molecule is N#Cc1c(S)cccc1Br. The monoisotopic (exact) mass is 213 g/mol. The standard InChI is InChI=1S/C7H4BrNS/c8-6-2-1-3-7(10)5(6)4-9/h1-3,10H. The number of halogens is 1. The van der Waals surface area contributed by atoms with Crippen molar-refractivity contribution in [1.29, 1.82) is 5.26 Å². The third-order valence-electron chi connectivity index (χ3n) is 1.10. The van der Waals surface area contributed by atoms with Gasteiger partial charge in [-0.2, -0.15) is 5.26 Å². The molecule has 0 saturated carbocycles. The number of rotatable bonds is 0. The Balaban J connectivity index is 3.34. The first-order chi connectivity index (χ1) is 4.75. The number of benzene rings is 1. The maximum absolute atomic E-state index is 8.57. The summed E-state index contributed by atoms with van der Waals surface area (Å²) in [5.41, 5.74) is 0.589. The highest BCUT2D eigenvalue weighted by atomic mass is 79.9. The molecule has 0 N–H and O–H groups in total. The lowest BCUT2D eigenvalue weighted by Gasteiger charge is -1.95. The molecule has 1 aromatic carbocycles. The van der Waals surface area contributed by atoms with Gasteiger partial charge in [-0.15, -0.1) is 12.6 Å². The molecule has 50 valence electrons. The van der Waals surface area contributed by atoms with Crippen LogP contribution in [0.3, 0.4) is 0 Å². The van der Waals surface area contributed by atoms with Crippen molar-refractivity contribution in [2.75, 3.05) is 0 Å². The van der Waals surface area contributed by atoms with Gasteiger partial charge in [0, 0.05) is 9.37 Å². The fourth-order valence-electron chi connectivity index (χ4n) is 0.623. The van der Waals surface area contributed by atoms with Gasteiger partial charge in [0.1, 0.15) is 6.07 Å². The van der Waals surface area contributed by atoms with Crippen LogP contribution >= 0.6 is 28.6 Å². The lowest BCUT2D eigenvalue weighted by Crippen LogP contribution is -1.78. The van der Waals surface area contributed by atoms with Gasteiger partial charge in [0.2, 0.25) is 0 Å². The van der Waals surface area contributed by atoms with Gasteiger partial charge >= 0.3 is 0 Å². The van der Waals surface area contributed by atoms with E-state index < -0.39 is 0 Å². The van der Waals surface area contributed by atoms with E-state index in [9.17, 15) is 0 Å². The first kappa shape index (κ1) is 7.64. The molecular formula is C7H4BrNS. The predicted octanol–water partition coefficient (Wildman–Crippen LogP) is 2.61. The summed E-state index contributed by atoms with van der Waals surface area (Å²) in [4.78, 5) is 0.705. The Kier molecular flexibility index (Phi) is 2.36. The molecule has 1 rings (SSSR count). The van der Waals surface area contributed by atoms with Crippen molar-refractivity contribution >= 4 is 28.6 Å². The van der Waals surface area contributed by atoms with Crippen LogP contribution in [0.15, 0.2) is 27.6 Å². The van der Waals surface area contributed by atoms with Crippen LogP contribution in [0.4, 0.5) is 0 Å². The number of thiol groups is 1. The summed E-state index contributed by atoms with van der Waals surface area (Å²) >= 11 is 7.33. The first-order valence-electron chi connectivity index (χ1n) is 2.63. The Bertz CT molecular complexity index is 270. The second-order valence-electron chi connectivity index (χ2n) is 1.75. The average Bonchev–Trinajstić information content (AvgIpc) is 1.88. The molecule has 1 nitrogen and oxygen atoms in total. The van der Waals surface area contributed by atoms with Crippen LogP contribution < -0.4 is 0 Å². The maximum Gasteiger partial charge on any atom is 0.101 e. The first-order valence-corrected chi connectivity index (χ1v) is 3.87. The minimum atomic E-state index is 0.589. The number of nitriles is 1. The van der Waals surface area contributed by atoms with Crippen LogP contribution in [-0.4, -0.2) is 0 Å². The van der Waals surface area contributed by atoms with E-state index in [-0.39, 0.29) is 0 Å². The Morgan fingerprint density at radius 1 is 1.50 bits per heavy atom. The summed E-state index contributed by atoms with van der Waals surface area (Å²) in [5, 5.41) is 8.57. The molecule has 10 heavy (non-hydrogen) atoms. The minimum Gasteiger partial charge on any atom is -0.192 e. The van der Waals surface area contributed by atoms with Gasteiger partial charge in [0.15, 0.2) is 0 Å². The lowest BCUT2D eigenvalue weighted by atomic mass is 10.2. The molecule has 0 aliphatic heterocycles. The molecule has 0 saturated heterocycles. The molecule has 0 fully saturated rings. The normalized spacial score (nSPS) is 8.90. The molecule has 0 amide bonds. The third kappa shape index (κ3) is 1.34. The van der Waals surface area contributed by atoms with Crippen LogP contribution in [0.2, 0.25) is 0 Å². The predicted molar refractivity (Wildman–Crippen MR) is 46.1 cm³/mol. The highest BCUT2D eigenvalue weighted by Gasteiger charge is 1.99. The summed E-state index contributed by atoms with van der Waals surface area (Å²) in [7, 11) is 0. The van der Waals surface area contributed by atoms with Gasteiger partial charge in [0.05, 0.1) is 5.56 Å². The Morgan fingerprint density at radius 3 is 2.60 bits per heavy atom. The van der Waals surface area contributed by atoms with Crippen LogP contribution in [0.25, 0.3) is 0 Å². The number of hydrogen-bond acceptors (Lipinski definition) is 2. The molecule has 1 aromatic rings. The lowest BCUT2D eigenvalue weighted by molar-refractivity contribution is 1.35. The molecule has 0 spiro atoms. The summed E-state index contributed by atoms with van der Waals surface area (Å²) in [6.45, 7) is 0. The molecule has 0 heterocycles. The highest BCUT2D eigenvalue weighted by Crippen LogP contribution is 2.21. The van der Waals surface area contributed by atoms with E-state index in [1.165, 1.54) is 0 Å². The zero-order valence-corrected chi connectivity index (χ0v) is 7.48.